The van der Waals surface area contributed by atoms with Gasteiger partial charge in [0, 0.05) is 25.2 Å². The topological polar surface area (TPSA) is 16.1 Å². The van der Waals surface area contributed by atoms with Crippen molar-refractivity contribution in [2.45, 2.75) is 12.8 Å². The molecular weight excluding hydrogens is 266 g/mol. The van der Waals surface area contributed by atoms with E-state index in [-0.39, 0.29) is 0 Å². The van der Waals surface area contributed by atoms with Crippen molar-refractivity contribution in [3.63, 3.8) is 0 Å². The van der Waals surface area contributed by atoms with Gasteiger partial charge < -0.3 is 4.90 Å². The van der Waals surface area contributed by atoms with Crippen LogP contribution in [0.5, 0.6) is 0 Å². The van der Waals surface area contributed by atoms with Gasteiger partial charge in [-0.2, -0.15) is 0 Å². The number of pyridine rings is 1. The monoisotopic (exact) mass is 278 g/mol. The van der Waals surface area contributed by atoms with Crippen molar-refractivity contribution in [2.75, 3.05) is 23.9 Å². The van der Waals surface area contributed by atoms with Crippen LogP contribution >= 0.6 is 34.8 Å². The Morgan fingerprint density at radius 3 is 2.94 bits per heavy atom. The van der Waals surface area contributed by atoms with Gasteiger partial charge in [0.2, 0.25) is 0 Å². The van der Waals surface area contributed by atoms with Crippen LogP contribution < -0.4 is 4.90 Å². The molecular formula is C11H13Cl3N2. The lowest BCUT2D eigenvalue weighted by molar-refractivity contribution is 0.449. The molecule has 0 amide bonds. The Hall–Kier alpha value is -0.180. The molecule has 1 aromatic heterocycles. The summed E-state index contributed by atoms with van der Waals surface area (Å²) in [5, 5.41) is 1.18. The Labute approximate surface area is 111 Å². The first-order chi connectivity index (χ1) is 7.70. The normalized spacial score (nSPS) is 21.2. The predicted molar refractivity (Wildman–Crippen MR) is 69.9 cm³/mol. The Balaban J connectivity index is 2.16. The minimum absolute atomic E-state index is 0.531. The van der Waals surface area contributed by atoms with Gasteiger partial charge in [0.05, 0.1) is 10.0 Å². The van der Waals surface area contributed by atoms with Crippen molar-refractivity contribution in [1.82, 2.24) is 4.98 Å². The van der Waals surface area contributed by atoms with Crippen LogP contribution in [-0.2, 0) is 0 Å². The molecule has 1 aliphatic rings. The van der Waals surface area contributed by atoms with Crippen LogP contribution in [0, 0.1) is 5.92 Å². The van der Waals surface area contributed by atoms with E-state index in [1.807, 2.05) is 0 Å². The number of hydrogen-bond acceptors (Lipinski definition) is 2. The molecule has 1 atom stereocenters. The maximum Gasteiger partial charge on any atom is 0.147 e. The minimum Gasteiger partial charge on any atom is -0.355 e. The molecule has 5 heteroatoms. The maximum atomic E-state index is 6.13. The van der Waals surface area contributed by atoms with Crippen molar-refractivity contribution in [3.8, 4) is 0 Å². The summed E-state index contributed by atoms with van der Waals surface area (Å²) in [6.45, 7) is 1.92. The number of alkyl halides is 1. The third-order valence-corrected chi connectivity index (χ3v) is 3.75. The number of aromatic nitrogens is 1. The molecule has 0 aliphatic carbocycles. The summed E-state index contributed by atoms with van der Waals surface area (Å²) in [7, 11) is 0. The van der Waals surface area contributed by atoms with Crippen molar-refractivity contribution in [1.29, 1.82) is 0 Å². The summed E-state index contributed by atoms with van der Waals surface area (Å²) in [4.78, 5) is 6.48. The smallest absolute Gasteiger partial charge is 0.147 e. The van der Waals surface area contributed by atoms with Crippen LogP contribution in [0.4, 0.5) is 5.82 Å². The van der Waals surface area contributed by atoms with E-state index in [2.05, 4.69) is 9.88 Å². The average molecular weight is 280 g/mol. The first-order valence-corrected chi connectivity index (χ1v) is 6.61. The van der Waals surface area contributed by atoms with Crippen molar-refractivity contribution in [2.24, 2.45) is 5.92 Å². The zero-order valence-corrected chi connectivity index (χ0v) is 11.1. The predicted octanol–water partition coefficient (Wildman–Crippen LogP) is 3.84. The first kappa shape index (κ1) is 12.3. The van der Waals surface area contributed by atoms with E-state index in [0.29, 0.717) is 21.8 Å². The van der Waals surface area contributed by atoms with E-state index in [1.165, 1.54) is 6.42 Å². The van der Waals surface area contributed by atoms with Crippen molar-refractivity contribution in [3.05, 3.63) is 22.3 Å². The van der Waals surface area contributed by atoms with Crippen LogP contribution in [0.25, 0.3) is 0 Å². The third kappa shape index (κ3) is 2.73. The zero-order chi connectivity index (χ0) is 11.5. The molecule has 0 radical (unpaired) electrons. The second-order valence-electron chi connectivity index (χ2n) is 4.07. The highest BCUT2D eigenvalue weighted by molar-refractivity contribution is 6.36. The second kappa shape index (κ2) is 5.44. The maximum absolute atomic E-state index is 6.13. The molecule has 1 aromatic rings. The molecule has 2 rings (SSSR count). The Kier molecular flexibility index (Phi) is 4.17. The van der Waals surface area contributed by atoms with E-state index < -0.39 is 0 Å². The molecule has 2 heterocycles. The molecule has 88 valence electrons. The number of anilines is 1. The third-order valence-electron chi connectivity index (χ3n) is 2.83. The lowest BCUT2D eigenvalue weighted by Gasteiger charge is -2.33. The van der Waals surface area contributed by atoms with Crippen molar-refractivity contribution < 1.29 is 0 Å². The van der Waals surface area contributed by atoms with Gasteiger partial charge in [0.25, 0.3) is 0 Å². The lowest BCUT2D eigenvalue weighted by atomic mass is 10.0. The number of halogens is 3. The van der Waals surface area contributed by atoms with E-state index in [1.54, 1.807) is 12.3 Å². The molecule has 1 fully saturated rings. The summed E-state index contributed by atoms with van der Waals surface area (Å²) >= 11 is 17.9. The number of nitrogens with zero attached hydrogens (tertiary/aromatic N) is 2. The molecule has 0 spiro atoms. The van der Waals surface area contributed by atoms with Gasteiger partial charge in [-0.15, -0.1) is 11.6 Å². The van der Waals surface area contributed by atoms with Gasteiger partial charge in [-0.1, -0.05) is 23.2 Å². The molecule has 0 bridgehead atoms. The highest BCUT2D eigenvalue weighted by Crippen LogP contribution is 2.29. The van der Waals surface area contributed by atoms with Crippen LogP contribution in [0.1, 0.15) is 12.8 Å². The molecule has 0 aromatic carbocycles. The van der Waals surface area contributed by atoms with E-state index in [0.717, 1.165) is 25.3 Å². The largest absolute Gasteiger partial charge is 0.355 e. The molecule has 1 aliphatic heterocycles. The molecule has 0 saturated carbocycles. The summed E-state index contributed by atoms with van der Waals surface area (Å²) in [5.74, 6) is 2.05. The highest BCUT2D eigenvalue weighted by Gasteiger charge is 2.21. The fourth-order valence-corrected chi connectivity index (χ4v) is 2.77. The van der Waals surface area contributed by atoms with E-state index in [4.69, 9.17) is 34.8 Å². The zero-order valence-electron chi connectivity index (χ0n) is 8.80. The number of hydrogen-bond donors (Lipinski definition) is 0. The summed E-state index contributed by atoms with van der Waals surface area (Å²) in [6, 6.07) is 1.73. The summed E-state index contributed by atoms with van der Waals surface area (Å²) in [6.07, 6.45) is 3.95. The first-order valence-electron chi connectivity index (χ1n) is 5.32. The van der Waals surface area contributed by atoms with Gasteiger partial charge in [-0.25, -0.2) is 4.98 Å². The van der Waals surface area contributed by atoms with Gasteiger partial charge in [-0.3, -0.25) is 0 Å². The van der Waals surface area contributed by atoms with Crippen LogP contribution in [0.15, 0.2) is 12.3 Å². The molecule has 1 saturated heterocycles. The standard InChI is InChI=1S/C11H13Cl3N2/c12-5-8-2-1-3-16(7-8)11-10(14)4-9(13)6-15-11/h4,6,8H,1-3,5,7H2. The Morgan fingerprint density at radius 2 is 2.25 bits per heavy atom. The fourth-order valence-electron chi connectivity index (χ4n) is 2.02. The van der Waals surface area contributed by atoms with Gasteiger partial charge in [0.1, 0.15) is 5.82 Å². The van der Waals surface area contributed by atoms with Gasteiger partial charge >= 0.3 is 0 Å². The minimum atomic E-state index is 0.531. The highest BCUT2D eigenvalue weighted by atomic mass is 35.5. The van der Waals surface area contributed by atoms with E-state index in [9.17, 15) is 0 Å². The average Bonchev–Trinajstić information content (AvgIpc) is 2.29. The van der Waals surface area contributed by atoms with Crippen LogP contribution in [0.2, 0.25) is 10.0 Å². The molecule has 1 unspecified atom stereocenters. The summed E-state index contributed by atoms with van der Waals surface area (Å²) in [5.41, 5.74) is 0. The summed E-state index contributed by atoms with van der Waals surface area (Å²) < 4.78 is 0. The van der Waals surface area contributed by atoms with Gasteiger partial charge in [0.15, 0.2) is 0 Å². The van der Waals surface area contributed by atoms with Crippen LogP contribution in [-0.4, -0.2) is 24.0 Å². The SMILES string of the molecule is ClCC1CCCN(c2ncc(Cl)cc2Cl)C1. The Bertz CT molecular complexity index is 370. The number of piperidine rings is 1. The van der Waals surface area contributed by atoms with Crippen LogP contribution in [0.3, 0.4) is 0 Å². The fraction of sp³-hybridized carbons (Fsp3) is 0.545. The Morgan fingerprint density at radius 1 is 1.44 bits per heavy atom. The lowest BCUT2D eigenvalue weighted by Crippen LogP contribution is -2.36. The molecule has 16 heavy (non-hydrogen) atoms. The molecule has 2 nitrogen and oxygen atoms in total. The van der Waals surface area contributed by atoms with E-state index >= 15 is 0 Å². The quantitative estimate of drug-likeness (QED) is 0.765. The van der Waals surface area contributed by atoms with Crippen molar-refractivity contribution >= 4 is 40.6 Å². The van der Waals surface area contributed by atoms with Gasteiger partial charge in [-0.05, 0) is 24.8 Å². The number of rotatable bonds is 2. The molecule has 0 N–H and O–H groups in total. The second-order valence-corrected chi connectivity index (χ2v) is 5.22.